The van der Waals surface area contributed by atoms with E-state index in [0.717, 1.165) is 37.2 Å². The van der Waals surface area contributed by atoms with Crippen molar-refractivity contribution in [2.24, 2.45) is 0 Å². The first-order chi connectivity index (χ1) is 9.31. The number of benzene rings is 1. The van der Waals surface area contributed by atoms with Crippen molar-refractivity contribution < 1.29 is 9.53 Å². The number of likely N-dealkylation sites (N-methyl/N-ethyl adjacent to an activating group) is 1. The Morgan fingerprint density at radius 3 is 3.16 bits per heavy atom. The molecule has 0 spiro atoms. The second-order valence-electron chi connectivity index (χ2n) is 5.29. The van der Waals surface area contributed by atoms with Crippen molar-refractivity contribution in [3.63, 3.8) is 0 Å². The predicted molar refractivity (Wildman–Crippen MR) is 73.3 cm³/mol. The van der Waals surface area contributed by atoms with Gasteiger partial charge < -0.3 is 15.0 Å². The van der Waals surface area contributed by atoms with Crippen molar-refractivity contribution >= 4 is 5.91 Å². The van der Waals surface area contributed by atoms with Gasteiger partial charge >= 0.3 is 0 Å². The van der Waals surface area contributed by atoms with E-state index < -0.39 is 0 Å². The second kappa shape index (κ2) is 5.21. The van der Waals surface area contributed by atoms with Crippen LogP contribution in [0.2, 0.25) is 0 Å². The molecule has 4 heteroatoms. The minimum absolute atomic E-state index is 0.117. The number of nitrogens with zero attached hydrogens (tertiary/aromatic N) is 1. The summed E-state index contributed by atoms with van der Waals surface area (Å²) in [7, 11) is 1.94. The lowest BCUT2D eigenvalue weighted by molar-refractivity contribution is -0.133. The summed E-state index contributed by atoms with van der Waals surface area (Å²) >= 11 is 0. The van der Waals surface area contributed by atoms with E-state index in [4.69, 9.17) is 4.74 Å². The standard InChI is InChI=1S/C15H20N2O2/c1-16-9-11-5-4-8-17(11)15(18)13-10-19-14-7-3-2-6-12(13)14/h2-3,6-7,11,13,16H,4-5,8-10H2,1H3/t11-,13+/m0/s1. The van der Waals surface area contributed by atoms with E-state index in [1.54, 1.807) is 0 Å². The number of rotatable bonds is 3. The molecule has 102 valence electrons. The number of hydrogen-bond acceptors (Lipinski definition) is 3. The van der Waals surface area contributed by atoms with Crippen molar-refractivity contribution in [2.45, 2.75) is 24.8 Å². The van der Waals surface area contributed by atoms with Crippen LogP contribution in [-0.4, -0.2) is 43.6 Å². The number of amides is 1. The Balaban J connectivity index is 1.78. The van der Waals surface area contributed by atoms with E-state index in [-0.39, 0.29) is 11.8 Å². The molecule has 0 unspecified atom stereocenters. The Labute approximate surface area is 113 Å². The van der Waals surface area contributed by atoms with Crippen LogP contribution in [0.1, 0.15) is 24.3 Å². The average Bonchev–Trinajstić information content (AvgIpc) is 3.04. The smallest absolute Gasteiger partial charge is 0.234 e. The molecule has 2 atom stereocenters. The summed E-state index contributed by atoms with van der Waals surface area (Å²) in [5.41, 5.74) is 1.04. The fraction of sp³-hybridized carbons (Fsp3) is 0.533. The largest absolute Gasteiger partial charge is 0.492 e. The molecule has 1 amide bonds. The lowest BCUT2D eigenvalue weighted by Crippen LogP contribution is -2.43. The first-order valence-corrected chi connectivity index (χ1v) is 6.98. The summed E-state index contributed by atoms with van der Waals surface area (Å²) in [6.45, 7) is 2.24. The quantitative estimate of drug-likeness (QED) is 0.892. The maximum Gasteiger partial charge on any atom is 0.234 e. The highest BCUT2D eigenvalue weighted by atomic mass is 16.5. The molecule has 2 heterocycles. The van der Waals surface area contributed by atoms with Gasteiger partial charge in [0, 0.05) is 24.7 Å². The van der Waals surface area contributed by atoms with E-state index in [1.807, 2.05) is 36.2 Å². The summed E-state index contributed by atoms with van der Waals surface area (Å²) in [5.74, 6) is 0.974. The van der Waals surface area contributed by atoms with E-state index in [9.17, 15) is 4.79 Å². The monoisotopic (exact) mass is 260 g/mol. The Morgan fingerprint density at radius 2 is 2.32 bits per heavy atom. The minimum Gasteiger partial charge on any atom is -0.492 e. The van der Waals surface area contributed by atoms with Gasteiger partial charge in [-0.1, -0.05) is 18.2 Å². The van der Waals surface area contributed by atoms with Crippen LogP contribution in [0.25, 0.3) is 0 Å². The normalized spacial score (nSPS) is 25.2. The molecule has 1 aromatic rings. The first-order valence-electron chi connectivity index (χ1n) is 6.98. The molecule has 4 nitrogen and oxygen atoms in total. The molecule has 1 aromatic carbocycles. The van der Waals surface area contributed by atoms with Gasteiger partial charge in [-0.2, -0.15) is 0 Å². The third kappa shape index (κ3) is 2.21. The summed E-state index contributed by atoms with van der Waals surface area (Å²) in [6, 6.07) is 8.21. The van der Waals surface area contributed by atoms with Crippen LogP contribution >= 0.6 is 0 Å². The van der Waals surface area contributed by atoms with Crippen molar-refractivity contribution in [3.8, 4) is 5.75 Å². The number of likely N-dealkylation sites (tertiary alicyclic amines) is 1. The highest BCUT2D eigenvalue weighted by molar-refractivity contribution is 5.86. The van der Waals surface area contributed by atoms with E-state index in [0.29, 0.717) is 12.6 Å². The topological polar surface area (TPSA) is 41.6 Å². The SMILES string of the molecule is CNC[C@@H]1CCCN1C(=O)[C@@H]1COc2ccccc21. The molecule has 0 aliphatic carbocycles. The van der Waals surface area contributed by atoms with E-state index >= 15 is 0 Å². The summed E-state index contributed by atoms with van der Waals surface area (Å²) < 4.78 is 5.62. The van der Waals surface area contributed by atoms with Gasteiger partial charge in [0.1, 0.15) is 18.3 Å². The zero-order valence-electron chi connectivity index (χ0n) is 11.3. The molecular formula is C15H20N2O2. The van der Waals surface area contributed by atoms with Crippen molar-refractivity contribution in [3.05, 3.63) is 29.8 Å². The number of carbonyl (C=O) groups is 1. The highest BCUT2D eigenvalue weighted by Crippen LogP contribution is 2.35. The molecule has 1 N–H and O–H groups in total. The lowest BCUT2D eigenvalue weighted by atomic mass is 9.99. The third-order valence-corrected chi connectivity index (χ3v) is 4.10. The number of ether oxygens (including phenoxy) is 1. The predicted octanol–water partition coefficient (Wildman–Crippen LogP) is 1.37. The van der Waals surface area contributed by atoms with Crippen LogP contribution in [0.15, 0.2) is 24.3 Å². The Bertz CT molecular complexity index is 475. The zero-order valence-corrected chi connectivity index (χ0v) is 11.3. The van der Waals surface area contributed by atoms with Gasteiger partial charge in [-0.3, -0.25) is 4.79 Å². The molecule has 1 fully saturated rings. The number of carbonyl (C=O) groups excluding carboxylic acids is 1. The zero-order chi connectivity index (χ0) is 13.2. The third-order valence-electron chi connectivity index (χ3n) is 4.10. The Hall–Kier alpha value is -1.55. The van der Waals surface area contributed by atoms with Crippen molar-refractivity contribution in [1.29, 1.82) is 0 Å². The summed E-state index contributed by atoms with van der Waals surface area (Å²) in [5, 5.41) is 3.18. The molecule has 2 aliphatic rings. The van der Waals surface area contributed by atoms with Gasteiger partial charge in [0.25, 0.3) is 0 Å². The fourth-order valence-corrected chi connectivity index (χ4v) is 3.14. The second-order valence-corrected chi connectivity index (χ2v) is 5.29. The molecule has 1 saturated heterocycles. The molecule has 0 saturated carbocycles. The molecule has 0 bridgehead atoms. The van der Waals surface area contributed by atoms with Gasteiger partial charge in [0.2, 0.25) is 5.91 Å². The Kier molecular flexibility index (Phi) is 3.42. The fourth-order valence-electron chi connectivity index (χ4n) is 3.14. The van der Waals surface area contributed by atoms with Gasteiger partial charge in [0.15, 0.2) is 0 Å². The van der Waals surface area contributed by atoms with Gasteiger partial charge in [-0.15, -0.1) is 0 Å². The number of fused-ring (bicyclic) bond motifs is 1. The number of para-hydroxylation sites is 1. The first kappa shape index (κ1) is 12.5. The van der Waals surface area contributed by atoms with E-state index in [2.05, 4.69) is 5.32 Å². The lowest BCUT2D eigenvalue weighted by Gasteiger charge is -2.27. The molecule has 0 radical (unpaired) electrons. The molecule has 19 heavy (non-hydrogen) atoms. The minimum atomic E-state index is -0.117. The van der Waals surface area contributed by atoms with Crippen molar-refractivity contribution in [2.75, 3.05) is 26.7 Å². The van der Waals surface area contributed by atoms with Crippen LogP contribution in [0.4, 0.5) is 0 Å². The van der Waals surface area contributed by atoms with Gasteiger partial charge in [-0.25, -0.2) is 0 Å². The number of nitrogens with one attached hydrogen (secondary N) is 1. The summed E-state index contributed by atoms with van der Waals surface area (Å²) in [6.07, 6.45) is 2.20. The highest BCUT2D eigenvalue weighted by Gasteiger charge is 2.37. The van der Waals surface area contributed by atoms with Crippen LogP contribution < -0.4 is 10.1 Å². The molecule has 2 aliphatic heterocycles. The van der Waals surface area contributed by atoms with Crippen LogP contribution in [0.5, 0.6) is 5.75 Å². The summed E-state index contributed by atoms with van der Waals surface area (Å²) in [4.78, 5) is 14.7. The molecule has 0 aromatic heterocycles. The number of hydrogen-bond donors (Lipinski definition) is 1. The molecular weight excluding hydrogens is 240 g/mol. The average molecular weight is 260 g/mol. The van der Waals surface area contributed by atoms with Gasteiger partial charge in [-0.05, 0) is 26.0 Å². The van der Waals surface area contributed by atoms with Crippen LogP contribution in [-0.2, 0) is 4.79 Å². The maximum atomic E-state index is 12.7. The Morgan fingerprint density at radius 1 is 1.47 bits per heavy atom. The van der Waals surface area contributed by atoms with Crippen LogP contribution in [0, 0.1) is 0 Å². The van der Waals surface area contributed by atoms with Crippen LogP contribution in [0.3, 0.4) is 0 Å². The maximum absolute atomic E-state index is 12.7. The van der Waals surface area contributed by atoms with Crippen molar-refractivity contribution in [1.82, 2.24) is 10.2 Å². The van der Waals surface area contributed by atoms with E-state index in [1.165, 1.54) is 0 Å². The van der Waals surface area contributed by atoms with Gasteiger partial charge in [0.05, 0.1) is 0 Å². The molecule has 3 rings (SSSR count).